The van der Waals surface area contributed by atoms with Crippen molar-refractivity contribution in [2.24, 2.45) is 10.9 Å². The van der Waals surface area contributed by atoms with E-state index >= 15 is 0 Å². The Balaban J connectivity index is 0.00000225. The molecule has 0 aromatic carbocycles. The van der Waals surface area contributed by atoms with E-state index in [4.69, 9.17) is 4.74 Å². The Morgan fingerprint density at radius 2 is 2.28 bits per heavy atom. The smallest absolute Gasteiger partial charge is 0.191 e. The van der Waals surface area contributed by atoms with Crippen molar-refractivity contribution >= 4 is 41.3 Å². The van der Waals surface area contributed by atoms with Gasteiger partial charge in [-0.2, -0.15) is 0 Å². The summed E-state index contributed by atoms with van der Waals surface area (Å²) < 4.78 is 5.71. The number of halogens is 1. The third-order valence-corrected chi connectivity index (χ3v) is 5.79. The highest BCUT2D eigenvalue weighted by atomic mass is 127. The fraction of sp³-hybridized carbons (Fsp3) is 0.722. The number of hydrogen-bond donors (Lipinski definition) is 2. The van der Waals surface area contributed by atoms with Crippen molar-refractivity contribution in [3.05, 3.63) is 22.4 Å². The van der Waals surface area contributed by atoms with E-state index in [2.05, 4.69) is 45.0 Å². The number of morpholine rings is 1. The summed E-state index contributed by atoms with van der Waals surface area (Å²) in [5, 5.41) is 9.14. The minimum Gasteiger partial charge on any atom is -0.376 e. The molecule has 0 amide bonds. The minimum atomic E-state index is 0. The highest BCUT2D eigenvalue weighted by Gasteiger charge is 2.26. The first-order valence-corrected chi connectivity index (χ1v) is 9.98. The molecular weight excluding hydrogens is 447 g/mol. The van der Waals surface area contributed by atoms with Crippen LogP contribution in [0.2, 0.25) is 0 Å². The van der Waals surface area contributed by atoms with Crippen molar-refractivity contribution in [1.29, 1.82) is 0 Å². The molecule has 1 aromatic rings. The number of hydrogen-bond acceptors (Lipinski definition) is 4. The van der Waals surface area contributed by atoms with Gasteiger partial charge in [0, 0.05) is 38.1 Å². The lowest BCUT2D eigenvalue weighted by molar-refractivity contribution is -0.0334. The van der Waals surface area contributed by atoms with E-state index in [1.54, 1.807) is 0 Å². The zero-order valence-corrected chi connectivity index (χ0v) is 18.4. The topological polar surface area (TPSA) is 48.9 Å². The van der Waals surface area contributed by atoms with E-state index < -0.39 is 0 Å². The van der Waals surface area contributed by atoms with E-state index in [0.29, 0.717) is 12.1 Å². The standard InChI is InChI=1S/C18H30N4OS.HI/c1-14-13-22(9-10-23-14)16(17-4-3-11-24-17)12-21-18(19-2)20-8-7-15-5-6-15;/h3-4,11,14-16H,5-10,12-13H2,1-2H3,(H2,19,20,21);1H. The van der Waals surface area contributed by atoms with Gasteiger partial charge in [-0.1, -0.05) is 18.9 Å². The Bertz CT molecular complexity index is 521. The van der Waals surface area contributed by atoms with Gasteiger partial charge in [-0.25, -0.2) is 0 Å². The zero-order valence-electron chi connectivity index (χ0n) is 15.2. The number of nitrogens with zero attached hydrogens (tertiary/aromatic N) is 2. The number of aliphatic imine (C=N–C) groups is 1. The van der Waals surface area contributed by atoms with Gasteiger partial charge < -0.3 is 15.4 Å². The molecule has 0 radical (unpaired) electrons. The van der Waals surface area contributed by atoms with Crippen LogP contribution in [-0.2, 0) is 4.74 Å². The van der Waals surface area contributed by atoms with Crippen molar-refractivity contribution in [1.82, 2.24) is 15.5 Å². The van der Waals surface area contributed by atoms with Gasteiger partial charge in [-0.3, -0.25) is 9.89 Å². The summed E-state index contributed by atoms with van der Waals surface area (Å²) in [6.07, 6.45) is 4.38. The molecule has 2 N–H and O–H groups in total. The van der Waals surface area contributed by atoms with Gasteiger partial charge in [0.25, 0.3) is 0 Å². The molecule has 3 rings (SSSR count). The lowest BCUT2D eigenvalue weighted by Gasteiger charge is -2.37. The van der Waals surface area contributed by atoms with Crippen LogP contribution in [0, 0.1) is 5.92 Å². The first-order valence-electron chi connectivity index (χ1n) is 9.10. The van der Waals surface area contributed by atoms with Crippen molar-refractivity contribution < 1.29 is 4.74 Å². The highest BCUT2D eigenvalue weighted by molar-refractivity contribution is 14.0. The molecule has 25 heavy (non-hydrogen) atoms. The second-order valence-electron chi connectivity index (χ2n) is 6.82. The number of rotatable bonds is 7. The van der Waals surface area contributed by atoms with Crippen molar-refractivity contribution in [3.8, 4) is 0 Å². The second kappa shape index (κ2) is 10.7. The van der Waals surface area contributed by atoms with Gasteiger partial charge in [0.15, 0.2) is 5.96 Å². The van der Waals surface area contributed by atoms with Crippen molar-refractivity contribution in [2.45, 2.75) is 38.3 Å². The van der Waals surface area contributed by atoms with Crippen LogP contribution in [0.15, 0.2) is 22.5 Å². The Hall–Kier alpha value is -0.380. The van der Waals surface area contributed by atoms with E-state index in [1.165, 1.54) is 24.1 Å². The Morgan fingerprint density at radius 3 is 2.92 bits per heavy atom. The van der Waals surface area contributed by atoms with Crippen LogP contribution in [0.25, 0.3) is 0 Å². The summed E-state index contributed by atoms with van der Waals surface area (Å²) in [7, 11) is 1.85. The fourth-order valence-electron chi connectivity index (χ4n) is 3.23. The Labute approximate surface area is 172 Å². The lowest BCUT2D eigenvalue weighted by atomic mass is 10.1. The maximum Gasteiger partial charge on any atom is 0.191 e. The normalized spacial score (nSPS) is 23.0. The fourth-order valence-corrected chi connectivity index (χ4v) is 4.10. The van der Waals surface area contributed by atoms with Crippen LogP contribution in [0.3, 0.4) is 0 Å². The molecule has 1 saturated heterocycles. The molecule has 1 aliphatic carbocycles. The molecule has 2 heterocycles. The van der Waals surface area contributed by atoms with Crippen LogP contribution < -0.4 is 10.6 Å². The summed E-state index contributed by atoms with van der Waals surface area (Å²) in [5.41, 5.74) is 0. The lowest BCUT2D eigenvalue weighted by Crippen LogP contribution is -2.48. The minimum absolute atomic E-state index is 0. The first kappa shape index (κ1) is 20.9. The quantitative estimate of drug-likeness (QED) is 0.359. The first-order chi connectivity index (χ1) is 11.8. The largest absolute Gasteiger partial charge is 0.376 e. The van der Waals surface area contributed by atoms with E-state index in [0.717, 1.165) is 44.7 Å². The van der Waals surface area contributed by atoms with Gasteiger partial charge in [0.05, 0.1) is 18.8 Å². The predicted molar refractivity (Wildman–Crippen MR) is 116 cm³/mol. The molecule has 2 fully saturated rings. The summed E-state index contributed by atoms with van der Waals surface area (Å²) >= 11 is 1.83. The number of ether oxygens (including phenoxy) is 1. The molecule has 1 aliphatic heterocycles. The van der Waals surface area contributed by atoms with Crippen LogP contribution in [0.4, 0.5) is 0 Å². The van der Waals surface area contributed by atoms with Crippen LogP contribution in [0.1, 0.15) is 37.1 Å². The van der Waals surface area contributed by atoms with E-state index in [1.807, 2.05) is 18.4 Å². The van der Waals surface area contributed by atoms with Gasteiger partial charge in [0.2, 0.25) is 0 Å². The highest BCUT2D eigenvalue weighted by Crippen LogP contribution is 2.31. The van der Waals surface area contributed by atoms with Gasteiger partial charge >= 0.3 is 0 Å². The molecule has 2 atom stereocenters. The van der Waals surface area contributed by atoms with Crippen molar-refractivity contribution in [3.63, 3.8) is 0 Å². The molecule has 0 spiro atoms. The van der Waals surface area contributed by atoms with E-state index in [9.17, 15) is 0 Å². The number of guanidine groups is 1. The van der Waals surface area contributed by atoms with Crippen LogP contribution >= 0.6 is 35.3 Å². The van der Waals surface area contributed by atoms with Crippen LogP contribution in [0.5, 0.6) is 0 Å². The van der Waals surface area contributed by atoms with E-state index in [-0.39, 0.29) is 24.0 Å². The monoisotopic (exact) mass is 478 g/mol. The van der Waals surface area contributed by atoms with Gasteiger partial charge in [-0.05, 0) is 30.7 Å². The molecule has 7 heteroatoms. The molecule has 5 nitrogen and oxygen atoms in total. The molecule has 1 saturated carbocycles. The molecular formula is C18H31IN4OS. The SMILES string of the molecule is CN=C(NCCC1CC1)NCC(c1cccs1)N1CCOC(C)C1.I. The third kappa shape index (κ3) is 6.69. The summed E-state index contributed by atoms with van der Waals surface area (Å²) in [6, 6.07) is 4.75. The molecule has 142 valence electrons. The molecule has 0 bridgehead atoms. The van der Waals surface area contributed by atoms with Crippen LogP contribution in [-0.4, -0.2) is 56.8 Å². The Morgan fingerprint density at radius 1 is 1.44 bits per heavy atom. The summed E-state index contributed by atoms with van der Waals surface area (Å²) in [6.45, 7) is 6.83. The second-order valence-corrected chi connectivity index (χ2v) is 7.80. The van der Waals surface area contributed by atoms with Crippen molar-refractivity contribution in [2.75, 3.05) is 39.8 Å². The summed E-state index contributed by atoms with van der Waals surface area (Å²) in [4.78, 5) is 8.31. The number of thiophene rings is 1. The predicted octanol–water partition coefficient (Wildman–Crippen LogP) is 3.09. The molecule has 2 aliphatic rings. The third-order valence-electron chi connectivity index (χ3n) is 4.81. The molecule has 2 unspecified atom stereocenters. The van der Waals surface area contributed by atoms with Gasteiger partial charge in [0.1, 0.15) is 0 Å². The average Bonchev–Trinajstić information content (AvgIpc) is 3.25. The molecule has 1 aromatic heterocycles. The zero-order chi connectivity index (χ0) is 16.8. The average molecular weight is 478 g/mol. The maximum atomic E-state index is 5.71. The summed E-state index contributed by atoms with van der Waals surface area (Å²) in [5.74, 6) is 1.86. The van der Waals surface area contributed by atoms with Gasteiger partial charge in [-0.15, -0.1) is 35.3 Å². The number of nitrogens with one attached hydrogen (secondary N) is 2. The maximum absolute atomic E-state index is 5.71. The Kier molecular flexibility index (Phi) is 8.95.